The van der Waals surface area contributed by atoms with Crippen LogP contribution in [0.1, 0.15) is 50.3 Å². The molecule has 106 valence electrons. The fraction of sp³-hybridized carbons (Fsp3) is 0.647. The van der Waals surface area contributed by atoms with Crippen molar-refractivity contribution in [3.05, 3.63) is 35.4 Å². The van der Waals surface area contributed by atoms with Crippen molar-refractivity contribution < 1.29 is 5.11 Å². The Kier molecular flexibility index (Phi) is 5.41. The maximum absolute atomic E-state index is 10.1. The van der Waals surface area contributed by atoms with Gasteiger partial charge in [-0.05, 0) is 61.7 Å². The van der Waals surface area contributed by atoms with Crippen molar-refractivity contribution in [2.45, 2.75) is 45.6 Å². The first kappa shape index (κ1) is 14.5. The summed E-state index contributed by atoms with van der Waals surface area (Å²) in [7, 11) is 0. The van der Waals surface area contributed by atoms with Gasteiger partial charge in [-0.15, -0.1) is 0 Å². The molecular formula is C17H27NO. The minimum absolute atomic E-state index is 0.312. The van der Waals surface area contributed by atoms with E-state index in [0.29, 0.717) is 5.92 Å². The molecule has 0 saturated carbocycles. The Hall–Kier alpha value is -0.860. The largest absolute Gasteiger partial charge is 0.388 e. The number of hydrogen-bond donors (Lipinski definition) is 2. The van der Waals surface area contributed by atoms with Crippen LogP contribution in [0.5, 0.6) is 0 Å². The van der Waals surface area contributed by atoms with E-state index < -0.39 is 0 Å². The van der Waals surface area contributed by atoms with Gasteiger partial charge < -0.3 is 10.4 Å². The summed E-state index contributed by atoms with van der Waals surface area (Å²) < 4.78 is 0. The van der Waals surface area contributed by atoms with Crippen molar-refractivity contribution in [3.8, 4) is 0 Å². The number of aliphatic hydroxyl groups excluding tert-OH is 1. The fourth-order valence-electron chi connectivity index (χ4n) is 2.88. The van der Waals surface area contributed by atoms with Crippen LogP contribution in [0.2, 0.25) is 0 Å². The minimum atomic E-state index is -0.312. The van der Waals surface area contributed by atoms with Crippen LogP contribution in [-0.2, 0) is 6.42 Å². The summed E-state index contributed by atoms with van der Waals surface area (Å²) in [4.78, 5) is 0. The third-order valence-electron chi connectivity index (χ3n) is 4.04. The second-order valence-electron chi connectivity index (χ2n) is 6.28. The Morgan fingerprint density at radius 2 is 1.79 bits per heavy atom. The van der Waals surface area contributed by atoms with Crippen LogP contribution in [-0.4, -0.2) is 18.2 Å². The van der Waals surface area contributed by atoms with E-state index in [1.54, 1.807) is 0 Å². The Balaban J connectivity index is 1.90. The summed E-state index contributed by atoms with van der Waals surface area (Å²) in [5.74, 6) is 1.36. The SMILES string of the molecule is CC(C)CC(O)c1ccc(CC2CCNCC2)cc1. The van der Waals surface area contributed by atoms with E-state index in [0.717, 1.165) is 31.0 Å². The molecule has 0 bridgehead atoms. The molecule has 0 spiro atoms. The molecule has 1 saturated heterocycles. The predicted molar refractivity (Wildman–Crippen MR) is 80.2 cm³/mol. The van der Waals surface area contributed by atoms with E-state index in [9.17, 15) is 5.11 Å². The molecule has 1 aliphatic heterocycles. The van der Waals surface area contributed by atoms with Crippen LogP contribution in [0.4, 0.5) is 0 Å². The number of rotatable bonds is 5. The first-order chi connectivity index (χ1) is 9.15. The molecule has 2 rings (SSSR count). The Labute approximate surface area is 117 Å². The maximum Gasteiger partial charge on any atom is 0.0792 e. The number of hydrogen-bond acceptors (Lipinski definition) is 2. The Morgan fingerprint density at radius 1 is 1.16 bits per heavy atom. The molecule has 2 N–H and O–H groups in total. The summed E-state index contributed by atoms with van der Waals surface area (Å²) in [6.07, 6.45) is 4.29. The van der Waals surface area contributed by atoms with E-state index in [4.69, 9.17) is 0 Å². The topological polar surface area (TPSA) is 32.3 Å². The van der Waals surface area contributed by atoms with Gasteiger partial charge in [0.1, 0.15) is 0 Å². The van der Waals surface area contributed by atoms with Crippen molar-refractivity contribution in [2.75, 3.05) is 13.1 Å². The van der Waals surface area contributed by atoms with E-state index in [2.05, 4.69) is 43.4 Å². The lowest BCUT2D eigenvalue weighted by Crippen LogP contribution is -2.28. The van der Waals surface area contributed by atoms with Gasteiger partial charge in [0.2, 0.25) is 0 Å². The van der Waals surface area contributed by atoms with Crippen molar-refractivity contribution in [2.24, 2.45) is 11.8 Å². The molecule has 2 heteroatoms. The maximum atomic E-state index is 10.1. The quantitative estimate of drug-likeness (QED) is 0.852. The zero-order chi connectivity index (χ0) is 13.7. The van der Waals surface area contributed by atoms with E-state index in [1.165, 1.54) is 24.8 Å². The summed E-state index contributed by atoms with van der Waals surface area (Å²) >= 11 is 0. The van der Waals surface area contributed by atoms with Gasteiger partial charge in [0.05, 0.1) is 6.10 Å². The Bertz CT molecular complexity index is 365. The molecule has 2 nitrogen and oxygen atoms in total. The molecule has 0 aliphatic carbocycles. The molecule has 1 unspecified atom stereocenters. The molecular weight excluding hydrogens is 234 g/mol. The van der Waals surface area contributed by atoms with Crippen LogP contribution in [0.15, 0.2) is 24.3 Å². The van der Waals surface area contributed by atoms with Gasteiger partial charge in [-0.1, -0.05) is 38.1 Å². The van der Waals surface area contributed by atoms with Crippen molar-refractivity contribution in [3.63, 3.8) is 0 Å². The lowest BCUT2D eigenvalue weighted by atomic mass is 9.90. The highest BCUT2D eigenvalue weighted by molar-refractivity contribution is 5.24. The lowest BCUT2D eigenvalue weighted by Gasteiger charge is -2.22. The average molecular weight is 261 g/mol. The fourth-order valence-corrected chi connectivity index (χ4v) is 2.88. The first-order valence-electron chi connectivity index (χ1n) is 7.62. The third-order valence-corrected chi connectivity index (χ3v) is 4.04. The average Bonchev–Trinajstić information content (AvgIpc) is 2.40. The molecule has 1 aromatic rings. The molecule has 0 radical (unpaired) electrons. The van der Waals surface area contributed by atoms with Gasteiger partial charge in [0.15, 0.2) is 0 Å². The number of piperidine rings is 1. The van der Waals surface area contributed by atoms with Crippen LogP contribution in [0, 0.1) is 11.8 Å². The summed E-state index contributed by atoms with van der Waals surface area (Å²) in [6, 6.07) is 8.59. The molecule has 1 atom stereocenters. The van der Waals surface area contributed by atoms with Crippen molar-refractivity contribution >= 4 is 0 Å². The number of benzene rings is 1. The number of aliphatic hydroxyl groups is 1. The Morgan fingerprint density at radius 3 is 2.37 bits per heavy atom. The zero-order valence-corrected chi connectivity index (χ0v) is 12.2. The van der Waals surface area contributed by atoms with Crippen LogP contribution in [0.25, 0.3) is 0 Å². The minimum Gasteiger partial charge on any atom is -0.388 e. The number of nitrogens with one attached hydrogen (secondary N) is 1. The van der Waals surface area contributed by atoms with Crippen molar-refractivity contribution in [1.29, 1.82) is 0 Å². The summed E-state index contributed by atoms with van der Waals surface area (Å²) in [5, 5.41) is 13.5. The smallest absolute Gasteiger partial charge is 0.0792 e. The van der Waals surface area contributed by atoms with Gasteiger partial charge in [-0.25, -0.2) is 0 Å². The third kappa shape index (κ3) is 4.63. The summed E-state index contributed by atoms with van der Waals surface area (Å²) in [6.45, 7) is 6.62. The van der Waals surface area contributed by atoms with Crippen LogP contribution >= 0.6 is 0 Å². The normalized spacial score (nSPS) is 18.7. The van der Waals surface area contributed by atoms with Gasteiger partial charge in [0.25, 0.3) is 0 Å². The standard InChI is InChI=1S/C17H27NO/c1-13(2)11-17(19)16-5-3-14(4-6-16)12-15-7-9-18-10-8-15/h3-6,13,15,17-19H,7-12H2,1-2H3. The van der Waals surface area contributed by atoms with Crippen LogP contribution < -0.4 is 5.32 Å². The zero-order valence-electron chi connectivity index (χ0n) is 12.2. The second kappa shape index (κ2) is 7.06. The monoisotopic (exact) mass is 261 g/mol. The highest BCUT2D eigenvalue weighted by atomic mass is 16.3. The highest BCUT2D eigenvalue weighted by Gasteiger charge is 2.14. The van der Waals surface area contributed by atoms with Gasteiger partial charge in [-0.2, -0.15) is 0 Å². The molecule has 1 heterocycles. The van der Waals surface area contributed by atoms with Gasteiger partial charge in [0, 0.05) is 0 Å². The molecule has 1 aliphatic rings. The lowest BCUT2D eigenvalue weighted by molar-refractivity contribution is 0.151. The molecule has 1 fully saturated rings. The molecule has 0 amide bonds. The molecule has 1 aromatic carbocycles. The molecule has 0 aromatic heterocycles. The summed E-state index contributed by atoms with van der Waals surface area (Å²) in [5.41, 5.74) is 2.47. The highest BCUT2D eigenvalue weighted by Crippen LogP contribution is 2.23. The molecule has 19 heavy (non-hydrogen) atoms. The van der Waals surface area contributed by atoms with Crippen LogP contribution in [0.3, 0.4) is 0 Å². The van der Waals surface area contributed by atoms with E-state index >= 15 is 0 Å². The first-order valence-corrected chi connectivity index (χ1v) is 7.62. The van der Waals surface area contributed by atoms with E-state index in [-0.39, 0.29) is 6.10 Å². The van der Waals surface area contributed by atoms with E-state index in [1.807, 2.05) is 0 Å². The predicted octanol–water partition coefficient (Wildman–Crippen LogP) is 3.31. The van der Waals surface area contributed by atoms with Gasteiger partial charge in [-0.3, -0.25) is 0 Å². The van der Waals surface area contributed by atoms with Crippen molar-refractivity contribution in [1.82, 2.24) is 5.32 Å². The van der Waals surface area contributed by atoms with Gasteiger partial charge >= 0.3 is 0 Å². The second-order valence-corrected chi connectivity index (χ2v) is 6.28.